The van der Waals surface area contributed by atoms with Gasteiger partial charge in [0.1, 0.15) is 12.2 Å². The fourth-order valence-electron chi connectivity index (χ4n) is 1.53. The molecule has 6 nitrogen and oxygen atoms in total. The molecule has 1 N–H and O–H groups in total. The number of carbonyl (C=O) groups is 2. The van der Waals surface area contributed by atoms with E-state index in [2.05, 4.69) is 9.97 Å². The molecular formula is C12H14F3N3O3. The summed E-state index contributed by atoms with van der Waals surface area (Å²) in [6, 6.07) is 0. The lowest BCUT2D eigenvalue weighted by molar-refractivity contribution is -0.140. The van der Waals surface area contributed by atoms with Crippen LogP contribution in [0.4, 0.5) is 13.2 Å². The quantitative estimate of drug-likeness (QED) is 0.869. The Balaban J connectivity index is 2.90. The number of amides is 1. The third-order valence-electron chi connectivity index (χ3n) is 2.53. The second-order valence-corrected chi connectivity index (χ2v) is 4.29. The molecule has 21 heavy (non-hydrogen) atoms. The van der Waals surface area contributed by atoms with Gasteiger partial charge in [-0.15, -0.1) is 0 Å². The monoisotopic (exact) mass is 305 g/mol. The van der Waals surface area contributed by atoms with Gasteiger partial charge in [-0.25, -0.2) is 14.8 Å². The highest BCUT2D eigenvalue weighted by Gasteiger charge is 2.33. The van der Waals surface area contributed by atoms with Gasteiger partial charge in [0.15, 0.2) is 5.69 Å². The van der Waals surface area contributed by atoms with Crippen molar-refractivity contribution in [3.05, 3.63) is 23.8 Å². The maximum atomic E-state index is 12.5. The van der Waals surface area contributed by atoms with E-state index < -0.39 is 24.6 Å². The summed E-state index contributed by atoms with van der Waals surface area (Å²) in [5.41, 5.74) is -0.706. The van der Waals surface area contributed by atoms with E-state index in [9.17, 15) is 22.8 Å². The highest BCUT2D eigenvalue weighted by molar-refractivity contribution is 5.92. The second-order valence-electron chi connectivity index (χ2n) is 4.29. The number of unbranched alkanes of at least 4 members (excludes halogenated alkanes) is 1. The molecule has 0 aromatic carbocycles. The average molecular weight is 305 g/mol. The molecule has 0 radical (unpaired) electrons. The number of carboxylic acid groups (broad SMARTS) is 1. The number of hydrogen-bond donors (Lipinski definition) is 1. The fourth-order valence-corrected chi connectivity index (χ4v) is 1.53. The summed E-state index contributed by atoms with van der Waals surface area (Å²) in [6.45, 7) is 0.350. The van der Waals surface area contributed by atoms with Crippen LogP contribution in [0.15, 0.2) is 12.4 Å². The third kappa shape index (κ3) is 5.36. The lowest BCUT2D eigenvalue weighted by atomic mass is 10.2. The summed E-state index contributed by atoms with van der Waals surface area (Å²) in [5.74, 6) is -2.26. The van der Waals surface area contributed by atoms with Crippen LogP contribution in [-0.2, 0) is 0 Å². The topological polar surface area (TPSA) is 83.4 Å². The summed E-state index contributed by atoms with van der Waals surface area (Å²) in [4.78, 5) is 30.2. The van der Waals surface area contributed by atoms with Crippen molar-refractivity contribution in [2.45, 2.75) is 25.9 Å². The molecule has 1 rings (SSSR count). The van der Waals surface area contributed by atoms with E-state index in [-0.39, 0.29) is 17.9 Å². The Morgan fingerprint density at radius 2 is 1.81 bits per heavy atom. The van der Waals surface area contributed by atoms with Crippen LogP contribution in [-0.4, -0.2) is 51.1 Å². The standard InChI is InChI=1S/C12H14F3N3O3/c1-2-3-4-18(7-12(13,14)15)10(19)8-5-17-9(6-16-8)11(20)21/h5-6H,2-4,7H2,1H3,(H,20,21). The first-order chi connectivity index (χ1) is 9.74. The predicted octanol–water partition coefficient (Wildman–Crippen LogP) is 1.98. The van der Waals surface area contributed by atoms with Crippen molar-refractivity contribution in [1.29, 1.82) is 0 Å². The summed E-state index contributed by atoms with van der Waals surface area (Å²) in [7, 11) is 0. The zero-order chi connectivity index (χ0) is 16.0. The van der Waals surface area contributed by atoms with Gasteiger partial charge in [0.2, 0.25) is 0 Å². The number of halogens is 3. The molecule has 1 aromatic heterocycles. The van der Waals surface area contributed by atoms with Gasteiger partial charge in [-0.05, 0) is 6.42 Å². The molecule has 9 heteroatoms. The van der Waals surface area contributed by atoms with Crippen LogP contribution < -0.4 is 0 Å². The Morgan fingerprint density at radius 1 is 1.24 bits per heavy atom. The van der Waals surface area contributed by atoms with Gasteiger partial charge in [-0.3, -0.25) is 4.79 Å². The molecule has 0 saturated heterocycles. The number of aromatic carboxylic acids is 1. The molecule has 0 bridgehead atoms. The van der Waals surface area contributed by atoms with Crippen molar-refractivity contribution in [2.75, 3.05) is 13.1 Å². The Hall–Kier alpha value is -2.19. The van der Waals surface area contributed by atoms with Crippen LogP contribution in [0, 0.1) is 0 Å². The Morgan fingerprint density at radius 3 is 2.24 bits per heavy atom. The molecule has 0 saturated carbocycles. The number of aromatic nitrogens is 2. The lowest BCUT2D eigenvalue weighted by Gasteiger charge is -2.23. The fraction of sp³-hybridized carbons (Fsp3) is 0.500. The highest BCUT2D eigenvalue weighted by atomic mass is 19.4. The van der Waals surface area contributed by atoms with Crippen LogP contribution in [0.25, 0.3) is 0 Å². The first kappa shape index (κ1) is 16.9. The molecule has 0 unspecified atom stereocenters. The van der Waals surface area contributed by atoms with Crippen LogP contribution in [0.2, 0.25) is 0 Å². The van der Waals surface area contributed by atoms with Crippen molar-refractivity contribution in [2.24, 2.45) is 0 Å². The minimum absolute atomic E-state index is 0.0583. The zero-order valence-electron chi connectivity index (χ0n) is 11.2. The SMILES string of the molecule is CCCCN(CC(F)(F)F)C(=O)c1cnc(C(=O)O)cn1. The molecular weight excluding hydrogens is 291 g/mol. The van der Waals surface area contributed by atoms with Crippen molar-refractivity contribution in [3.63, 3.8) is 0 Å². The molecule has 1 heterocycles. The Labute approximate surface area is 118 Å². The van der Waals surface area contributed by atoms with Gasteiger partial charge >= 0.3 is 12.1 Å². The van der Waals surface area contributed by atoms with Gasteiger partial charge < -0.3 is 10.0 Å². The van der Waals surface area contributed by atoms with E-state index >= 15 is 0 Å². The first-order valence-electron chi connectivity index (χ1n) is 6.16. The molecule has 0 spiro atoms. The summed E-state index contributed by atoms with van der Waals surface area (Å²) >= 11 is 0. The van der Waals surface area contributed by atoms with Crippen LogP contribution in [0.3, 0.4) is 0 Å². The molecule has 0 aliphatic heterocycles. The van der Waals surface area contributed by atoms with Crippen molar-refractivity contribution < 1.29 is 27.9 Å². The smallest absolute Gasteiger partial charge is 0.406 e. The van der Waals surface area contributed by atoms with Gasteiger partial charge in [0.25, 0.3) is 5.91 Å². The summed E-state index contributed by atoms with van der Waals surface area (Å²) in [5, 5.41) is 8.65. The van der Waals surface area contributed by atoms with Gasteiger partial charge in [0.05, 0.1) is 12.4 Å². The molecule has 0 fully saturated rings. The van der Waals surface area contributed by atoms with Crippen molar-refractivity contribution in [1.82, 2.24) is 14.9 Å². The minimum Gasteiger partial charge on any atom is -0.476 e. The normalized spacial score (nSPS) is 11.2. The maximum absolute atomic E-state index is 12.5. The third-order valence-corrected chi connectivity index (χ3v) is 2.53. The number of rotatable bonds is 6. The lowest BCUT2D eigenvalue weighted by Crippen LogP contribution is -2.40. The maximum Gasteiger partial charge on any atom is 0.406 e. The number of carboxylic acids is 1. The van der Waals surface area contributed by atoms with E-state index in [0.717, 1.165) is 12.4 Å². The van der Waals surface area contributed by atoms with E-state index in [1.165, 1.54) is 0 Å². The molecule has 0 aliphatic carbocycles. The first-order valence-corrected chi connectivity index (χ1v) is 6.16. The molecule has 1 amide bonds. The van der Waals surface area contributed by atoms with Gasteiger partial charge in [0, 0.05) is 6.54 Å². The molecule has 1 aromatic rings. The predicted molar refractivity (Wildman–Crippen MR) is 65.9 cm³/mol. The van der Waals surface area contributed by atoms with Crippen molar-refractivity contribution in [3.8, 4) is 0 Å². The second kappa shape index (κ2) is 7.00. The average Bonchev–Trinajstić information content (AvgIpc) is 2.41. The van der Waals surface area contributed by atoms with Crippen LogP contribution >= 0.6 is 0 Å². The zero-order valence-corrected chi connectivity index (χ0v) is 11.2. The van der Waals surface area contributed by atoms with E-state index in [1.54, 1.807) is 6.92 Å². The van der Waals surface area contributed by atoms with Gasteiger partial charge in [-0.2, -0.15) is 13.2 Å². The van der Waals surface area contributed by atoms with Crippen LogP contribution in [0.5, 0.6) is 0 Å². The van der Waals surface area contributed by atoms with E-state index in [0.29, 0.717) is 17.7 Å². The van der Waals surface area contributed by atoms with Crippen LogP contribution in [0.1, 0.15) is 40.7 Å². The summed E-state index contributed by atoms with van der Waals surface area (Å²) in [6.07, 6.45) is -1.77. The largest absolute Gasteiger partial charge is 0.476 e. The number of nitrogens with zero attached hydrogens (tertiary/aromatic N) is 3. The number of hydrogen-bond acceptors (Lipinski definition) is 4. The molecule has 116 valence electrons. The Bertz CT molecular complexity index is 503. The van der Waals surface area contributed by atoms with Crippen molar-refractivity contribution >= 4 is 11.9 Å². The summed E-state index contributed by atoms with van der Waals surface area (Å²) < 4.78 is 37.4. The van der Waals surface area contributed by atoms with E-state index in [4.69, 9.17) is 5.11 Å². The van der Waals surface area contributed by atoms with Gasteiger partial charge in [-0.1, -0.05) is 13.3 Å². The number of carbonyl (C=O) groups excluding carboxylic acids is 1. The molecule has 0 aliphatic rings. The molecule has 0 atom stereocenters. The number of alkyl halides is 3. The Kier molecular flexibility index (Phi) is 5.62. The minimum atomic E-state index is -4.52. The highest BCUT2D eigenvalue weighted by Crippen LogP contribution is 2.18. The van der Waals surface area contributed by atoms with E-state index in [1.807, 2.05) is 0 Å².